The van der Waals surface area contributed by atoms with Gasteiger partial charge in [-0.3, -0.25) is 9.59 Å². The minimum atomic E-state index is -0.644. The molecule has 1 spiro atoms. The summed E-state index contributed by atoms with van der Waals surface area (Å²) in [7, 11) is 0. The summed E-state index contributed by atoms with van der Waals surface area (Å²) < 4.78 is 0.710. The molecule has 0 aromatic carbocycles. The van der Waals surface area contributed by atoms with Gasteiger partial charge in [-0.25, -0.2) is 0 Å². The average Bonchev–Trinajstić information content (AvgIpc) is 2.82. The molecule has 2 amide bonds. The number of amides is 2. The smallest absolute Gasteiger partial charge is 0.249 e. The van der Waals surface area contributed by atoms with Crippen molar-refractivity contribution in [3.05, 3.63) is 21.3 Å². The molecule has 2 fully saturated rings. The van der Waals surface area contributed by atoms with E-state index in [2.05, 4.69) is 5.32 Å². The van der Waals surface area contributed by atoms with Gasteiger partial charge < -0.3 is 10.2 Å². The van der Waals surface area contributed by atoms with Gasteiger partial charge in [-0.15, -0.1) is 11.3 Å². The summed E-state index contributed by atoms with van der Waals surface area (Å²) in [6.45, 7) is 0.626. The molecule has 0 radical (unpaired) electrons. The van der Waals surface area contributed by atoms with Gasteiger partial charge in [-0.2, -0.15) is 0 Å². The maximum absolute atomic E-state index is 12.7. The maximum Gasteiger partial charge on any atom is 0.249 e. The fourth-order valence-corrected chi connectivity index (χ4v) is 4.26. The fourth-order valence-electron chi connectivity index (χ4n) is 3.15. The van der Waals surface area contributed by atoms with Crippen molar-refractivity contribution in [2.24, 2.45) is 0 Å². The highest BCUT2D eigenvalue weighted by atomic mass is 35.5. The van der Waals surface area contributed by atoms with E-state index in [0.29, 0.717) is 10.9 Å². The second kappa shape index (κ2) is 5.37. The SMILES string of the molecule is O=C1CN(Cc2ccc(Cl)s2)C(=O)C2(CCCCC2)N1. The van der Waals surface area contributed by atoms with E-state index in [9.17, 15) is 9.59 Å². The van der Waals surface area contributed by atoms with Gasteiger partial charge in [0.2, 0.25) is 11.8 Å². The first-order valence-electron chi connectivity index (χ1n) is 6.94. The van der Waals surface area contributed by atoms with Gasteiger partial charge in [-0.1, -0.05) is 30.9 Å². The predicted molar refractivity (Wildman–Crippen MR) is 78.7 cm³/mol. The molecule has 1 aromatic rings. The fraction of sp³-hybridized carbons (Fsp3) is 0.571. The summed E-state index contributed by atoms with van der Waals surface area (Å²) >= 11 is 7.38. The van der Waals surface area contributed by atoms with Crippen LogP contribution in [0.25, 0.3) is 0 Å². The van der Waals surface area contributed by atoms with Gasteiger partial charge in [0.25, 0.3) is 0 Å². The number of carbonyl (C=O) groups excluding carboxylic acids is 2. The Kier molecular flexibility index (Phi) is 3.73. The van der Waals surface area contributed by atoms with Crippen LogP contribution in [0, 0.1) is 0 Å². The van der Waals surface area contributed by atoms with Crippen molar-refractivity contribution in [2.45, 2.75) is 44.2 Å². The number of nitrogens with zero attached hydrogens (tertiary/aromatic N) is 1. The van der Waals surface area contributed by atoms with Crippen LogP contribution in [0.5, 0.6) is 0 Å². The lowest BCUT2D eigenvalue weighted by Gasteiger charge is -2.44. The Hall–Kier alpha value is -1.07. The molecule has 1 aromatic heterocycles. The maximum atomic E-state index is 12.7. The topological polar surface area (TPSA) is 49.4 Å². The van der Waals surface area contributed by atoms with Crippen LogP contribution >= 0.6 is 22.9 Å². The summed E-state index contributed by atoms with van der Waals surface area (Å²) in [5.74, 6) is 0.0236. The quantitative estimate of drug-likeness (QED) is 0.912. The van der Waals surface area contributed by atoms with Crippen molar-refractivity contribution in [3.8, 4) is 0 Å². The summed E-state index contributed by atoms with van der Waals surface area (Å²) in [5.41, 5.74) is -0.644. The lowest BCUT2D eigenvalue weighted by Crippen LogP contribution is -2.66. The van der Waals surface area contributed by atoms with Gasteiger partial charge in [0, 0.05) is 4.88 Å². The van der Waals surface area contributed by atoms with E-state index in [1.807, 2.05) is 12.1 Å². The Morgan fingerprint density at radius 2 is 2.00 bits per heavy atom. The van der Waals surface area contributed by atoms with Crippen molar-refractivity contribution >= 4 is 34.8 Å². The zero-order valence-electron chi connectivity index (χ0n) is 11.2. The first-order valence-corrected chi connectivity index (χ1v) is 8.13. The minimum absolute atomic E-state index is 0.0471. The van der Waals surface area contributed by atoms with Gasteiger partial charge in [0.05, 0.1) is 10.9 Å². The van der Waals surface area contributed by atoms with E-state index in [-0.39, 0.29) is 18.4 Å². The van der Waals surface area contributed by atoms with Crippen molar-refractivity contribution in [3.63, 3.8) is 0 Å². The molecule has 6 heteroatoms. The molecule has 0 bridgehead atoms. The molecule has 4 nitrogen and oxygen atoms in total. The molecule has 0 atom stereocenters. The third-order valence-corrected chi connectivity index (χ3v) is 5.31. The van der Waals surface area contributed by atoms with Gasteiger partial charge in [0.15, 0.2) is 0 Å². The lowest BCUT2D eigenvalue weighted by molar-refractivity contribution is -0.152. The molecule has 108 valence electrons. The number of rotatable bonds is 2. The molecule has 1 aliphatic carbocycles. The second-order valence-corrected chi connectivity index (χ2v) is 7.36. The van der Waals surface area contributed by atoms with Crippen LogP contribution in [-0.2, 0) is 16.1 Å². The Morgan fingerprint density at radius 3 is 2.65 bits per heavy atom. The second-order valence-electron chi connectivity index (χ2n) is 5.56. The molecule has 3 rings (SSSR count). The van der Waals surface area contributed by atoms with Gasteiger partial charge >= 0.3 is 0 Å². The number of hydrogen-bond donors (Lipinski definition) is 1. The molecule has 0 unspecified atom stereocenters. The van der Waals surface area contributed by atoms with Crippen LogP contribution in [0.1, 0.15) is 37.0 Å². The first kappa shape index (κ1) is 13.9. The Labute approximate surface area is 127 Å². The zero-order valence-corrected chi connectivity index (χ0v) is 12.7. The van der Waals surface area contributed by atoms with Gasteiger partial charge in [0.1, 0.15) is 12.1 Å². The normalized spacial score (nSPS) is 22.1. The molecular formula is C14H17ClN2O2S. The summed E-state index contributed by atoms with van der Waals surface area (Å²) in [6, 6.07) is 3.74. The largest absolute Gasteiger partial charge is 0.340 e. The third-order valence-electron chi connectivity index (χ3n) is 4.09. The molecule has 2 aliphatic rings. The molecule has 1 N–H and O–H groups in total. The number of carbonyl (C=O) groups is 2. The lowest BCUT2D eigenvalue weighted by atomic mass is 9.79. The summed E-state index contributed by atoms with van der Waals surface area (Å²) in [5, 5.41) is 2.95. The van der Waals surface area contributed by atoms with E-state index in [0.717, 1.165) is 37.0 Å². The van der Waals surface area contributed by atoms with E-state index in [1.165, 1.54) is 11.3 Å². The minimum Gasteiger partial charge on any atom is -0.340 e. The third kappa shape index (κ3) is 2.56. The highest BCUT2D eigenvalue weighted by Crippen LogP contribution is 2.33. The van der Waals surface area contributed by atoms with Crippen molar-refractivity contribution < 1.29 is 9.59 Å². The number of nitrogens with one attached hydrogen (secondary N) is 1. The average molecular weight is 313 g/mol. The van der Waals surface area contributed by atoms with Crippen LogP contribution in [0.15, 0.2) is 12.1 Å². The van der Waals surface area contributed by atoms with Crippen LogP contribution in [-0.4, -0.2) is 28.8 Å². The highest BCUT2D eigenvalue weighted by Gasteiger charge is 2.46. The van der Waals surface area contributed by atoms with E-state index in [4.69, 9.17) is 11.6 Å². The molecule has 1 saturated carbocycles. The first-order chi connectivity index (χ1) is 9.59. The zero-order chi connectivity index (χ0) is 14.2. The molecule has 1 aliphatic heterocycles. The summed E-state index contributed by atoms with van der Waals surface area (Å²) in [4.78, 5) is 27.4. The van der Waals surface area contributed by atoms with Crippen LogP contribution in [0.4, 0.5) is 0 Å². The van der Waals surface area contributed by atoms with Crippen molar-refractivity contribution in [1.29, 1.82) is 0 Å². The molecule has 20 heavy (non-hydrogen) atoms. The van der Waals surface area contributed by atoms with Crippen molar-refractivity contribution in [1.82, 2.24) is 10.2 Å². The van der Waals surface area contributed by atoms with Crippen molar-refractivity contribution in [2.75, 3.05) is 6.54 Å². The number of piperazine rings is 1. The standard InChI is InChI=1S/C14H17ClN2O2S/c15-11-5-4-10(20-11)8-17-9-12(18)16-14(13(17)19)6-2-1-3-7-14/h4-5H,1-3,6-9H2,(H,16,18). The Balaban J connectivity index is 1.80. The van der Waals surface area contributed by atoms with E-state index in [1.54, 1.807) is 4.90 Å². The Bertz CT molecular complexity index is 537. The molecule has 1 saturated heterocycles. The number of halogens is 1. The highest BCUT2D eigenvalue weighted by molar-refractivity contribution is 7.16. The van der Waals surface area contributed by atoms with Crippen LogP contribution in [0.3, 0.4) is 0 Å². The molecule has 2 heterocycles. The Morgan fingerprint density at radius 1 is 1.25 bits per heavy atom. The van der Waals surface area contributed by atoms with E-state index < -0.39 is 5.54 Å². The van der Waals surface area contributed by atoms with Crippen LogP contribution < -0.4 is 5.32 Å². The molecular weight excluding hydrogens is 296 g/mol. The number of thiophene rings is 1. The predicted octanol–water partition coefficient (Wildman–Crippen LogP) is 2.56. The number of hydrogen-bond acceptors (Lipinski definition) is 3. The van der Waals surface area contributed by atoms with E-state index >= 15 is 0 Å². The monoisotopic (exact) mass is 312 g/mol. The van der Waals surface area contributed by atoms with Gasteiger partial charge in [-0.05, 0) is 25.0 Å². The van der Waals surface area contributed by atoms with Crippen LogP contribution in [0.2, 0.25) is 4.34 Å². The summed E-state index contributed by atoms with van der Waals surface area (Å²) in [6.07, 6.45) is 4.68.